The molecule has 0 N–H and O–H groups in total. The van der Waals surface area contributed by atoms with E-state index in [1.807, 2.05) is 0 Å². The number of ether oxygens (including phenoxy) is 2. The van der Waals surface area contributed by atoms with E-state index in [1.54, 1.807) is 0 Å². The van der Waals surface area contributed by atoms with Gasteiger partial charge in [0.05, 0.1) is 24.4 Å². The topological polar surface area (TPSA) is 52.6 Å². The first-order valence-electron chi connectivity index (χ1n) is 4.31. The van der Waals surface area contributed by atoms with Crippen molar-refractivity contribution in [3.8, 4) is 11.5 Å². The molecule has 0 aliphatic heterocycles. The van der Waals surface area contributed by atoms with Crippen molar-refractivity contribution in [1.82, 2.24) is 0 Å². The van der Waals surface area contributed by atoms with Crippen LogP contribution in [0.5, 0.6) is 11.5 Å². The van der Waals surface area contributed by atoms with Crippen molar-refractivity contribution in [3.05, 3.63) is 21.9 Å². The summed E-state index contributed by atoms with van der Waals surface area (Å²) in [5, 5.41) is 0. The molecule has 0 radical (unpaired) electrons. The Morgan fingerprint density at radius 1 is 1.41 bits per heavy atom. The van der Waals surface area contributed by atoms with E-state index >= 15 is 0 Å². The lowest BCUT2D eigenvalue weighted by atomic mass is 10.2. The number of methoxy groups -OCH3 is 2. The van der Waals surface area contributed by atoms with Crippen LogP contribution in [0.2, 0.25) is 0 Å². The Balaban J connectivity index is 3.39. The van der Waals surface area contributed by atoms with Gasteiger partial charge in [0, 0.05) is 16.2 Å². The summed E-state index contributed by atoms with van der Waals surface area (Å²) in [6.07, 6.45) is 0. The van der Waals surface area contributed by atoms with Crippen molar-refractivity contribution in [2.45, 2.75) is 5.75 Å². The zero-order chi connectivity index (χ0) is 13.2. The van der Waals surface area contributed by atoms with Gasteiger partial charge in [0.2, 0.25) is 9.05 Å². The normalized spacial score (nSPS) is 11.4. The predicted octanol–water partition coefficient (Wildman–Crippen LogP) is 2.67. The third-order valence-electron chi connectivity index (χ3n) is 1.96. The second kappa shape index (κ2) is 5.41. The molecule has 1 rings (SSSR count). The van der Waals surface area contributed by atoms with Gasteiger partial charge in [-0.15, -0.1) is 0 Å². The monoisotopic (exact) mass is 346 g/mol. The minimum absolute atomic E-state index is 0.00494. The van der Waals surface area contributed by atoms with Gasteiger partial charge in [-0.25, -0.2) is 12.8 Å². The smallest absolute Gasteiger partial charge is 0.236 e. The SMILES string of the molecule is COc1cc(CS(=O)(=O)Cl)c(F)c(Br)c1OC. The number of benzene rings is 1. The van der Waals surface area contributed by atoms with E-state index in [0.717, 1.165) is 0 Å². The van der Waals surface area contributed by atoms with E-state index in [1.165, 1.54) is 20.3 Å². The van der Waals surface area contributed by atoms with Crippen molar-refractivity contribution in [2.75, 3.05) is 14.2 Å². The highest BCUT2D eigenvalue weighted by Crippen LogP contribution is 2.39. The molecule has 0 bridgehead atoms. The van der Waals surface area contributed by atoms with Gasteiger partial charge in [-0.3, -0.25) is 0 Å². The predicted molar refractivity (Wildman–Crippen MR) is 65.7 cm³/mol. The van der Waals surface area contributed by atoms with Crippen molar-refractivity contribution >= 4 is 35.7 Å². The molecule has 0 atom stereocenters. The first-order chi connectivity index (χ1) is 7.80. The summed E-state index contributed by atoms with van der Waals surface area (Å²) in [5.41, 5.74) is -0.0930. The highest BCUT2D eigenvalue weighted by Gasteiger charge is 2.20. The minimum Gasteiger partial charge on any atom is -0.493 e. The molecule has 0 aliphatic rings. The van der Waals surface area contributed by atoms with Crippen molar-refractivity contribution < 1.29 is 22.3 Å². The molecular weight excluding hydrogens is 339 g/mol. The van der Waals surface area contributed by atoms with Gasteiger partial charge in [-0.05, 0) is 22.0 Å². The summed E-state index contributed by atoms with van der Waals surface area (Å²) in [4.78, 5) is 0. The van der Waals surface area contributed by atoms with Crippen molar-refractivity contribution in [3.63, 3.8) is 0 Å². The fourth-order valence-electron chi connectivity index (χ4n) is 1.27. The van der Waals surface area contributed by atoms with E-state index in [9.17, 15) is 12.8 Å². The molecule has 0 aliphatic carbocycles. The number of halogens is 3. The molecule has 1 aromatic carbocycles. The van der Waals surface area contributed by atoms with Crippen LogP contribution in [0.1, 0.15) is 5.56 Å². The molecule has 96 valence electrons. The molecule has 0 spiro atoms. The minimum atomic E-state index is -3.85. The quantitative estimate of drug-likeness (QED) is 0.786. The fraction of sp³-hybridized carbons (Fsp3) is 0.333. The maximum absolute atomic E-state index is 13.8. The zero-order valence-electron chi connectivity index (χ0n) is 8.96. The van der Waals surface area contributed by atoms with Gasteiger partial charge in [0.15, 0.2) is 11.5 Å². The van der Waals surface area contributed by atoms with Crippen LogP contribution in [0, 0.1) is 5.82 Å². The maximum atomic E-state index is 13.8. The summed E-state index contributed by atoms with van der Waals surface area (Å²) >= 11 is 2.97. The summed E-state index contributed by atoms with van der Waals surface area (Å²) in [6.45, 7) is 0. The highest BCUT2D eigenvalue weighted by atomic mass is 79.9. The summed E-state index contributed by atoms with van der Waals surface area (Å²) in [5.74, 6) is -0.997. The average Bonchev–Trinajstić information content (AvgIpc) is 2.22. The Morgan fingerprint density at radius 2 is 2.00 bits per heavy atom. The molecule has 4 nitrogen and oxygen atoms in total. The van der Waals surface area contributed by atoms with Gasteiger partial charge in [-0.2, -0.15) is 0 Å². The molecule has 0 unspecified atom stereocenters. The van der Waals surface area contributed by atoms with Crippen LogP contribution in [0.4, 0.5) is 4.39 Å². The van der Waals surface area contributed by atoms with Crippen LogP contribution < -0.4 is 9.47 Å². The molecule has 8 heteroatoms. The van der Waals surface area contributed by atoms with Gasteiger partial charge >= 0.3 is 0 Å². The number of hydrogen-bond donors (Lipinski definition) is 0. The zero-order valence-corrected chi connectivity index (χ0v) is 12.1. The highest BCUT2D eigenvalue weighted by molar-refractivity contribution is 9.10. The van der Waals surface area contributed by atoms with E-state index in [-0.39, 0.29) is 21.5 Å². The lowest BCUT2D eigenvalue weighted by Crippen LogP contribution is -2.02. The lowest BCUT2D eigenvalue weighted by molar-refractivity contribution is 0.349. The molecule has 0 heterocycles. The standard InChI is InChI=1S/C9H9BrClFO4S/c1-15-6-3-5(4-17(11,13)14)8(12)7(10)9(6)16-2/h3H,4H2,1-2H3. The molecular formula is C9H9BrClFO4S. The second-order valence-corrected chi connectivity index (χ2v) is 6.65. The molecule has 0 amide bonds. The first-order valence-corrected chi connectivity index (χ1v) is 7.58. The van der Waals surface area contributed by atoms with Crippen LogP contribution in [-0.2, 0) is 14.8 Å². The largest absolute Gasteiger partial charge is 0.493 e. The molecule has 0 saturated heterocycles. The Kier molecular flexibility index (Phi) is 4.62. The van der Waals surface area contributed by atoms with Gasteiger partial charge in [0.1, 0.15) is 5.82 Å². The van der Waals surface area contributed by atoms with Gasteiger partial charge in [-0.1, -0.05) is 0 Å². The molecule has 0 saturated carbocycles. The molecule has 0 aromatic heterocycles. The van der Waals surface area contributed by atoms with Crippen LogP contribution in [0.25, 0.3) is 0 Å². The molecule has 1 aromatic rings. The third kappa shape index (κ3) is 3.46. The van der Waals surface area contributed by atoms with Gasteiger partial charge < -0.3 is 9.47 Å². The fourth-order valence-corrected chi connectivity index (χ4v) is 2.81. The van der Waals surface area contributed by atoms with Crippen molar-refractivity contribution in [1.29, 1.82) is 0 Å². The summed E-state index contributed by atoms with van der Waals surface area (Å²) in [7, 11) is 3.94. The van der Waals surface area contributed by atoms with E-state index in [0.29, 0.717) is 0 Å². The number of hydrogen-bond acceptors (Lipinski definition) is 4. The molecule has 0 fully saturated rings. The lowest BCUT2D eigenvalue weighted by Gasteiger charge is -2.12. The van der Waals surface area contributed by atoms with Crippen LogP contribution in [0.15, 0.2) is 10.5 Å². The van der Waals surface area contributed by atoms with E-state index in [4.69, 9.17) is 20.2 Å². The summed E-state index contributed by atoms with van der Waals surface area (Å²) < 4.78 is 45.6. The van der Waals surface area contributed by atoms with E-state index in [2.05, 4.69) is 15.9 Å². The van der Waals surface area contributed by atoms with Crippen LogP contribution in [-0.4, -0.2) is 22.6 Å². The van der Waals surface area contributed by atoms with Crippen molar-refractivity contribution in [2.24, 2.45) is 0 Å². The Bertz CT molecular complexity index is 532. The third-order valence-corrected chi connectivity index (χ3v) is 3.65. The summed E-state index contributed by atoms with van der Waals surface area (Å²) in [6, 6.07) is 1.23. The maximum Gasteiger partial charge on any atom is 0.236 e. The Morgan fingerprint density at radius 3 is 2.41 bits per heavy atom. The Hall–Kier alpha value is -0.530. The first kappa shape index (κ1) is 14.5. The van der Waals surface area contributed by atoms with E-state index < -0.39 is 20.6 Å². The second-order valence-electron chi connectivity index (χ2n) is 3.08. The van der Waals surface area contributed by atoms with Crippen LogP contribution in [0.3, 0.4) is 0 Å². The molecule has 17 heavy (non-hydrogen) atoms. The van der Waals surface area contributed by atoms with Crippen LogP contribution >= 0.6 is 26.6 Å². The Labute approximate surface area is 111 Å². The van der Waals surface area contributed by atoms with Gasteiger partial charge in [0.25, 0.3) is 0 Å². The number of rotatable bonds is 4. The average molecular weight is 348 g/mol.